The molecular formula is C22H22N6O2S. The van der Waals surface area contributed by atoms with E-state index in [0.29, 0.717) is 18.8 Å². The molecule has 31 heavy (non-hydrogen) atoms. The van der Waals surface area contributed by atoms with Gasteiger partial charge in [0.15, 0.2) is 11.5 Å². The first kappa shape index (κ1) is 20.7. The number of aryl methyl sites for hydroxylation is 2. The summed E-state index contributed by atoms with van der Waals surface area (Å²) in [6.45, 7) is 4.33. The molecule has 0 spiro atoms. The van der Waals surface area contributed by atoms with Crippen LogP contribution in [0, 0.1) is 13.8 Å². The highest BCUT2D eigenvalue weighted by molar-refractivity contribution is 7.13. The zero-order valence-electron chi connectivity index (χ0n) is 17.5. The first-order valence-electron chi connectivity index (χ1n) is 9.78. The third kappa shape index (κ3) is 4.77. The lowest BCUT2D eigenvalue weighted by molar-refractivity contribution is 0.0948. The summed E-state index contributed by atoms with van der Waals surface area (Å²) >= 11 is 1.58. The lowest BCUT2D eigenvalue weighted by Gasteiger charge is -2.05. The lowest BCUT2D eigenvalue weighted by atomic mass is 10.2. The predicted octanol–water partition coefficient (Wildman–Crippen LogP) is 3.38. The maximum absolute atomic E-state index is 12.4. The Morgan fingerprint density at radius 1 is 1.13 bits per heavy atom. The van der Waals surface area contributed by atoms with Crippen LogP contribution in [0.15, 0.2) is 47.8 Å². The SMILES string of the molecule is COc1ccc(-c2nc(CCNC(=O)c3ccc(-n4nc(C)cc4C)nn3)cs2)cc1. The van der Waals surface area contributed by atoms with Gasteiger partial charge in [-0.1, -0.05) is 0 Å². The summed E-state index contributed by atoms with van der Waals surface area (Å²) in [7, 11) is 1.64. The molecule has 0 saturated carbocycles. The molecule has 1 aromatic carbocycles. The molecular weight excluding hydrogens is 412 g/mol. The number of rotatable bonds is 7. The van der Waals surface area contributed by atoms with Crippen LogP contribution in [0.1, 0.15) is 27.6 Å². The molecule has 3 heterocycles. The highest BCUT2D eigenvalue weighted by Crippen LogP contribution is 2.25. The molecule has 0 radical (unpaired) electrons. The van der Waals surface area contributed by atoms with Gasteiger partial charge in [0.05, 0.1) is 18.5 Å². The number of carbonyl (C=O) groups excluding carboxylic acids is 1. The zero-order chi connectivity index (χ0) is 21.8. The summed E-state index contributed by atoms with van der Waals surface area (Å²) in [6, 6.07) is 13.1. The summed E-state index contributed by atoms with van der Waals surface area (Å²) in [5.41, 5.74) is 4.10. The van der Waals surface area contributed by atoms with E-state index >= 15 is 0 Å². The molecule has 1 amide bonds. The maximum Gasteiger partial charge on any atom is 0.271 e. The van der Waals surface area contributed by atoms with Crippen LogP contribution in [-0.2, 0) is 6.42 Å². The van der Waals surface area contributed by atoms with Crippen LogP contribution >= 0.6 is 11.3 Å². The van der Waals surface area contributed by atoms with E-state index in [1.807, 2.05) is 49.6 Å². The van der Waals surface area contributed by atoms with Crippen molar-refractivity contribution >= 4 is 17.2 Å². The van der Waals surface area contributed by atoms with Gasteiger partial charge in [0.25, 0.3) is 5.91 Å². The quantitative estimate of drug-likeness (QED) is 0.479. The lowest BCUT2D eigenvalue weighted by Crippen LogP contribution is -2.27. The average Bonchev–Trinajstić information content (AvgIpc) is 3.39. The Kier molecular flexibility index (Phi) is 6.03. The molecule has 1 N–H and O–H groups in total. The van der Waals surface area contributed by atoms with Crippen molar-refractivity contribution < 1.29 is 9.53 Å². The number of methoxy groups -OCH3 is 1. The fourth-order valence-electron chi connectivity index (χ4n) is 3.10. The predicted molar refractivity (Wildman–Crippen MR) is 119 cm³/mol. The molecule has 0 unspecified atom stereocenters. The van der Waals surface area contributed by atoms with E-state index in [9.17, 15) is 4.79 Å². The van der Waals surface area contributed by atoms with Crippen molar-refractivity contribution in [3.63, 3.8) is 0 Å². The molecule has 8 nitrogen and oxygen atoms in total. The minimum absolute atomic E-state index is 0.266. The largest absolute Gasteiger partial charge is 0.497 e. The molecule has 3 aromatic heterocycles. The minimum Gasteiger partial charge on any atom is -0.497 e. The molecule has 0 aliphatic rings. The second-order valence-corrected chi connectivity index (χ2v) is 7.85. The van der Waals surface area contributed by atoms with Crippen molar-refractivity contribution in [2.45, 2.75) is 20.3 Å². The Morgan fingerprint density at radius 2 is 1.94 bits per heavy atom. The Labute approximate surface area is 183 Å². The molecule has 0 aliphatic carbocycles. The number of carbonyl (C=O) groups is 1. The number of amides is 1. The van der Waals surface area contributed by atoms with E-state index in [1.54, 1.807) is 35.3 Å². The minimum atomic E-state index is -0.266. The van der Waals surface area contributed by atoms with Crippen molar-refractivity contribution in [1.82, 2.24) is 30.3 Å². The standard InChI is InChI=1S/C22H22N6O2S/c1-14-12-15(2)28(27-14)20-9-8-19(25-26-20)21(29)23-11-10-17-13-31-22(24-17)16-4-6-18(30-3)7-5-16/h4-9,12-13H,10-11H2,1-3H3,(H,23,29). The molecule has 4 rings (SSSR count). The molecule has 0 bridgehead atoms. The van der Waals surface area contributed by atoms with Crippen LogP contribution in [0.4, 0.5) is 0 Å². The molecule has 0 atom stereocenters. The van der Waals surface area contributed by atoms with Crippen LogP contribution in [0.5, 0.6) is 5.75 Å². The Bertz CT molecular complexity index is 1180. The van der Waals surface area contributed by atoms with E-state index in [1.165, 1.54) is 0 Å². The van der Waals surface area contributed by atoms with Gasteiger partial charge in [-0.25, -0.2) is 9.67 Å². The van der Waals surface area contributed by atoms with E-state index in [0.717, 1.165) is 33.4 Å². The highest BCUT2D eigenvalue weighted by atomic mass is 32.1. The fourth-order valence-corrected chi connectivity index (χ4v) is 3.96. The van der Waals surface area contributed by atoms with Gasteiger partial charge in [-0.05, 0) is 56.3 Å². The number of nitrogens with one attached hydrogen (secondary N) is 1. The normalized spacial score (nSPS) is 10.8. The van der Waals surface area contributed by atoms with Crippen molar-refractivity contribution in [2.24, 2.45) is 0 Å². The van der Waals surface area contributed by atoms with Crippen LogP contribution in [0.2, 0.25) is 0 Å². The van der Waals surface area contributed by atoms with E-state index < -0.39 is 0 Å². The van der Waals surface area contributed by atoms with Crippen molar-refractivity contribution in [1.29, 1.82) is 0 Å². The van der Waals surface area contributed by atoms with Gasteiger partial charge < -0.3 is 10.1 Å². The van der Waals surface area contributed by atoms with Crippen molar-refractivity contribution in [3.8, 4) is 22.1 Å². The number of nitrogens with zero attached hydrogens (tertiary/aromatic N) is 5. The van der Waals surface area contributed by atoms with Crippen LogP contribution in [-0.4, -0.2) is 44.5 Å². The summed E-state index contributed by atoms with van der Waals surface area (Å²) in [4.78, 5) is 17.0. The number of ether oxygens (including phenoxy) is 1. The van der Waals surface area contributed by atoms with Crippen LogP contribution in [0.25, 0.3) is 16.4 Å². The smallest absolute Gasteiger partial charge is 0.271 e. The van der Waals surface area contributed by atoms with Crippen LogP contribution < -0.4 is 10.1 Å². The first-order chi connectivity index (χ1) is 15.0. The van der Waals surface area contributed by atoms with Crippen LogP contribution in [0.3, 0.4) is 0 Å². The third-order valence-electron chi connectivity index (χ3n) is 4.67. The topological polar surface area (TPSA) is 94.8 Å². The monoisotopic (exact) mass is 434 g/mol. The van der Waals surface area contributed by atoms with E-state index in [2.05, 4.69) is 25.6 Å². The Balaban J connectivity index is 1.32. The summed E-state index contributed by atoms with van der Waals surface area (Å²) in [5, 5.41) is 18.4. The zero-order valence-corrected chi connectivity index (χ0v) is 18.3. The molecule has 9 heteroatoms. The van der Waals surface area contributed by atoms with E-state index in [4.69, 9.17) is 4.74 Å². The second kappa shape index (κ2) is 9.05. The summed E-state index contributed by atoms with van der Waals surface area (Å²) in [6.07, 6.45) is 0.635. The van der Waals surface area contributed by atoms with Gasteiger partial charge in [0.2, 0.25) is 0 Å². The Morgan fingerprint density at radius 3 is 2.58 bits per heavy atom. The second-order valence-electron chi connectivity index (χ2n) is 6.99. The van der Waals surface area contributed by atoms with Gasteiger partial charge in [-0.2, -0.15) is 5.10 Å². The van der Waals surface area contributed by atoms with Gasteiger partial charge >= 0.3 is 0 Å². The average molecular weight is 435 g/mol. The number of hydrogen-bond acceptors (Lipinski definition) is 7. The summed E-state index contributed by atoms with van der Waals surface area (Å²) < 4.78 is 6.89. The molecule has 4 aromatic rings. The molecule has 158 valence electrons. The van der Waals surface area contributed by atoms with Gasteiger partial charge in [0, 0.05) is 29.6 Å². The first-order valence-corrected chi connectivity index (χ1v) is 10.7. The van der Waals surface area contributed by atoms with Gasteiger partial charge in [-0.3, -0.25) is 4.79 Å². The van der Waals surface area contributed by atoms with E-state index in [-0.39, 0.29) is 11.6 Å². The maximum atomic E-state index is 12.4. The molecule has 0 fully saturated rings. The highest BCUT2D eigenvalue weighted by Gasteiger charge is 2.11. The third-order valence-corrected chi connectivity index (χ3v) is 5.61. The van der Waals surface area contributed by atoms with Gasteiger partial charge in [0.1, 0.15) is 10.8 Å². The number of hydrogen-bond donors (Lipinski definition) is 1. The number of aromatic nitrogens is 5. The summed E-state index contributed by atoms with van der Waals surface area (Å²) in [5.74, 6) is 1.13. The number of thiazole rings is 1. The van der Waals surface area contributed by atoms with Gasteiger partial charge in [-0.15, -0.1) is 21.5 Å². The van der Waals surface area contributed by atoms with Crippen molar-refractivity contribution in [2.75, 3.05) is 13.7 Å². The fraction of sp³-hybridized carbons (Fsp3) is 0.227. The van der Waals surface area contributed by atoms with Crippen molar-refractivity contribution in [3.05, 3.63) is 70.6 Å². The number of benzene rings is 1. The molecule has 0 aliphatic heterocycles. The Hall–Kier alpha value is -3.59. The molecule has 0 saturated heterocycles.